The summed E-state index contributed by atoms with van der Waals surface area (Å²) in [6, 6.07) is 0. The fraction of sp³-hybridized carbons (Fsp3) is 0.589. The molecule has 3 unspecified atom stereocenters. The molecule has 0 radical (unpaired) electrons. The fourth-order valence-electron chi connectivity index (χ4n) is 6.05. The SMILES string of the molecule is CC/C=C\C/C=C\C/C=C\C/C=C\C/C=C\CC(=O)OCC(COP(=O)(O)OCC(CO)OC(=O)CCCCCCC/C=C\CCCC)OC(=O)CCCC/C=C\C/C=C\C/C=C\C/C=C\CC. The van der Waals surface area contributed by atoms with Gasteiger partial charge in [0, 0.05) is 12.8 Å². The van der Waals surface area contributed by atoms with E-state index in [9.17, 15) is 28.9 Å². The third-order valence-corrected chi connectivity index (χ3v) is 10.8. The molecule has 11 nitrogen and oxygen atoms in total. The van der Waals surface area contributed by atoms with Gasteiger partial charge in [-0.3, -0.25) is 23.4 Å². The first-order valence-electron chi connectivity index (χ1n) is 25.4. The molecule has 0 aromatic rings. The van der Waals surface area contributed by atoms with Crippen molar-refractivity contribution in [3.8, 4) is 0 Å². The van der Waals surface area contributed by atoms with Crippen LogP contribution in [0.25, 0.3) is 0 Å². The number of carbonyl (C=O) groups is 3. The lowest BCUT2D eigenvalue weighted by atomic mass is 10.1. The molecule has 0 fully saturated rings. The van der Waals surface area contributed by atoms with E-state index in [0.29, 0.717) is 19.3 Å². The first kappa shape index (κ1) is 63.9. The van der Waals surface area contributed by atoms with Crippen molar-refractivity contribution < 1.29 is 52.2 Å². The second-order valence-electron chi connectivity index (χ2n) is 16.2. The van der Waals surface area contributed by atoms with Gasteiger partial charge >= 0.3 is 25.7 Å². The van der Waals surface area contributed by atoms with Crippen LogP contribution in [0.1, 0.15) is 175 Å². The van der Waals surface area contributed by atoms with E-state index in [1.807, 2.05) is 12.2 Å². The third-order valence-electron chi connectivity index (χ3n) is 9.88. The monoisotopic (exact) mass is 969 g/mol. The molecular weight excluding hydrogens is 880 g/mol. The number of aliphatic hydroxyl groups is 1. The van der Waals surface area contributed by atoms with E-state index in [1.54, 1.807) is 6.08 Å². The minimum absolute atomic E-state index is 0.0215. The molecule has 2 N–H and O–H groups in total. The maximum Gasteiger partial charge on any atom is 0.472 e. The van der Waals surface area contributed by atoms with E-state index in [-0.39, 0.29) is 19.3 Å². The van der Waals surface area contributed by atoms with Gasteiger partial charge in [0.25, 0.3) is 0 Å². The van der Waals surface area contributed by atoms with Crippen molar-refractivity contribution in [3.63, 3.8) is 0 Å². The second-order valence-corrected chi connectivity index (χ2v) is 17.7. The van der Waals surface area contributed by atoms with Gasteiger partial charge in [-0.25, -0.2) is 4.57 Å². The fourth-order valence-corrected chi connectivity index (χ4v) is 6.83. The predicted molar refractivity (Wildman–Crippen MR) is 279 cm³/mol. The van der Waals surface area contributed by atoms with Crippen molar-refractivity contribution in [1.29, 1.82) is 0 Å². The van der Waals surface area contributed by atoms with E-state index >= 15 is 0 Å². The van der Waals surface area contributed by atoms with Gasteiger partial charge in [-0.15, -0.1) is 0 Å². The first-order valence-corrected chi connectivity index (χ1v) is 26.9. The topological polar surface area (TPSA) is 155 Å². The second kappa shape index (κ2) is 49.3. The van der Waals surface area contributed by atoms with Gasteiger partial charge in [-0.2, -0.15) is 0 Å². The largest absolute Gasteiger partial charge is 0.472 e. The van der Waals surface area contributed by atoms with Crippen molar-refractivity contribution in [2.45, 2.75) is 187 Å². The Bertz CT molecular complexity index is 1600. The maximum atomic E-state index is 12.8. The van der Waals surface area contributed by atoms with Crippen LogP contribution in [-0.2, 0) is 42.2 Å². The molecule has 0 aliphatic rings. The van der Waals surface area contributed by atoms with Crippen LogP contribution in [0.5, 0.6) is 0 Å². The highest BCUT2D eigenvalue weighted by Crippen LogP contribution is 2.43. The summed E-state index contributed by atoms with van der Waals surface area (Å²) in [5, 5.41) is 9.75. The summed E-state index contributed by atoms with van der Waals surface area (Å²) in [6.45, 7) is 4.16. The number of esters is 3. The lowest BCUT2D eigenvalue weighted by molar-refractivity contribution is -0.161. The summed E-state index contributed by atoms with van der Waals surface area (Å²) in [5.41, 5.74) is 0. The van der Waals surface area contributed by atoms with E-state index in [0.717, 1.165) is 103 Å². The van der Waals surface area contributed by atoms with Gasteiger partial charge in [-0.1, -0.05) is 174 Å². The lowest BCUT2D eigenvalue weighted by Crippen LogP contribution is -2.30. The van der Waals surface area contributed by atoms with Crippen LogP contribution in [0.4, 0.5) is 0 Å². The molecule has 0 aliphatic carbocycles. The molecule has 0 bridgehead atoms. The molecule has 0 spiro atoms. The molecule has 384 valence electrons. The molecule has 12 heteroatoms. The quantitative estimate of drug-likeness (QED) is 0.0197. The zero-order valence-corrected chi connectivity index (χ0v) is 42.9. The number of aliphatic hydroxyl groups excluding tert-OH is 1. The molecule has 0 aromatic carbocycles. The summed E-state index contributed by atoms with van der Waals surface area (Å²) in [6.07, 6.45) is 59.2. The molecule has 0 heterocycles. The Morgan fingerprint density at radius 1 is 0.441 bits per heavy atom. The number of unbranched alkanes of at least 4 members (excludes halogenated alkanes) is 9. The molecule has 0 aliphatic heterocycles. The van der Waals surface area contributed by atoms with Crippen LogP contribution in [0.15, 0.2) is 122 Å². The van der Waals surface area contributed by atoms with Crippen molar-refractivity contribution in [1.82, 2.24) is 0 Å². The van der Waals surface area contributed by atoms with Gasteiger partial charge in [0.15, 0.2) is 6.10 Å². The summed E-state index contributed by atoms with van der Waals surface area (Å²) in [4.78, 5) is 48.2. The highest BCUT2D eigenvalue weighted by atomic mass is 31.2. The molecule has 0 amide bonds. The number of ether oxygens (including phenoxy) is 3. The molecule has 68 heavy (non-hydrogen) atoms. The smallest absolute Gasteiger partial charge is 0.461 e. The molecule has 0 rings (SSSR count). The van der Waals surface area contributed by atoms with Gasteiger partial charge in [0.05, 0.1) is 26.2 Å². The predicted octanol–water partition coefficient (Wildman–Crippen LogP) is 14.5. The molecular formula is C56H89O11P. The molecule has 0 saturated heterocycles. The average Bonchev–Trinajstić information content (AvgIpc) is 3.32. The summed E-state index contributed by atoms with van der Waals surface area (Å²) in [5.74, 6) is -1.70. The third kappa shape index (κ3) is 47.0. The average molecular weight is 969 g/mol. The molecule has 3 atom stereocenters. The Morgan fingerprint density at radius 3 is 1.29 bits per heavy atom. The Kier molecular flexibility index (Phi) is 46.3. The van der Waals surface area contributed by atoms with Gasteiger partial charge in [-0.05, 0) is 103 Å². The summed E-state index contributed by atoms with van der Waals surface area (Å²) < 4.78 is 39.1. The zero-order valence-electron chi connectivity index (χ0n) is 42.0. The van der Waals surface area contributed by atoms with Crippen molar-refractivity contribution in [2.75, 3.05) is 26.4 Å². The minimum Gasteiger partial charge on any atom is -0.461 e. The Morgan fingerprint density at radius 2 is 0.809 bits per heavy atom. The van der Waals surface area contributed by atoms with Gasteiger partial charge in [0.1, 0.15) is 12.7 Å². The lowest BCUT2D eigenvalue weighted by Gasteiger charge is -2.21. The van der Waals surface area contributed by atoms with Crippen LogP contribution >= 0.6 is 7.82 Å². The zero-order chi connectivity index (χ0) is 49.9. The van der Waals surface area contributed by atoms with E-state index in [4.69, 9.17) is 23.3 Å². The number of hydrogen-bond acceptors (Lipinski definition) is 10. The number of hydrogen-bond donors (Lipinski definition) is 2. The molecule has 0 aromatic heterocycles. The number of phosphoric ester groups is 1. The maximum absolute atomic E-state index is 12.8. The standard InChI is InChI=1S/C56H89O11P/c1-4-7-10-13-16-19-22-24-26-28-31-33-36-39-42-45-54(58)63-49-53(67-56(60)47-44-41-38-35-32-29-27-25-23-20-17-14-11-8-5-2)51-65-68(61,62)64-50-52(48-57)66-55(59)46-43-40-37-34-30-21-18-15-12-9-6-3/h7-8,10-11,15-20,24-27,31-33,35,39,42,52-53,57H,4-6,9,12-14,21-23,28-30,34,36-38,40-41,43-51H2,1-3H3,(H,61,62)/b10-7-,11-8-,18-15-,19-16-,20-17-,26-24-,27-25-,33-31-,35-32-,42-39-. The number of allylic oxidation sites excluding steroid dienone is 19. The van der Waals surface area contributed by atoms with Crippen LogP contribution in [-0.4, -0.2) is 66.5 Å². The summed E-state index contributed by atoms with van der Waals surface area (Å²) >= 11 is 0. The van der Waals surface area contributed by atoms with E-state index < -0.39 is 64.4 Å². The van der Waals surface area contributed by atoms with Crippen LogP contribution in [0.3, 0.4) is 0 Å². The van der Waals surface area contributed by atoms with Crippen molar-refractivity contribution in [3.05, 3.63) is 122 Å². The van der Waals surface area contributed by atoms with Gasteiger partial charge in [0.2, 0.25) is 0 Å². The highest BCUT2D eigenvalue weighted by Gasteiger charge is 2.28. The van der Waals surface area contributed by atoms with E-state index in [1.165, 1.54) is 12.8 Å². The van der Waals surface area contributed by atoms with Crippen molar-refractivity contribution in [2.24, 2.45) is 0 Å². The van der Waals surface area contributed by atoms with E-state index in [2.05, 4.69) is 124 Å². The number of rotatable bonds is 45. The number of carbonyl (C=O) groups excluding carboxylic acids is 3. The molecule has 0 saturated carbocycles. The Labute approximate surface area is 411 Å². The van der Waals surface area contributed by atoms with Gasteiger partial charge < -0.3 is 24.2 Å². The van der Waals surface area contributed by atoms with Crippen molar-refractivity contribution >= 4 is 25.7 Å². The Balaban J connectivity index is 4.96. The van der Waals surface area contributed by atoms with Crippen LogP contribution < -0.4 is 0 Å². The normalized spacial score (nSPS) is 14.5. The summed E-state index contributed by atoms with van der Waals surface area (Å²) in [7, 11) is -4.78. The van der Waals surface area contributed by atoms with Crippen LogP contribution in [0.2, 0.25) is 0 Å². The van der Waals surface area contributed by atoms with Crippen LogP contribution in [0, 0.1) is 0 Å². The first-order chi connectivity index (χ1) is 33.2. The Hall–Kier alpha value is -4.12. The minimum atomic E-state index is -4.78. The number of phosphoric acid groups is 1. The highest BCUT2D eigenvalue weighted by molar-refractivity contribution is 7.47.